The zero-order valence-corrected chi connectivity index (χ0v) is 12.9. The molecule has 0 aromatic heterocycles. The van der Waals surface area contributed by atoms with E-state index in [0.29, 0.717) is 5.92 Å². The number of hydrogen-bond acceptors (Lipinski definition) is 4. The van der Waals surface area contributed by atoms with Crippen molar-refractivity contribution in [3.63, 3.8) is 0 Å². The van der Waals surface area contributed by atoms with Gasteiger partial charge in [-0.3, -0.25) is 4.79 Å². The highest BCUT2D eigenvalue weighted by Crippen LogP contribution is 2.35. The van der Waals surface area contributed by atoms with Gasteiger partial charge in [-0.05, 0) is 43.0 Å². The van der Waals surface area contributed by atoms with Crippen molar-refractivity contribution in [3.05, 3.63) is 24.3 Å². The SMILES string of the molecule is CN(C)S(=O)(=O)c1ccc(NC(CC(=O)O)C2CC2)cc1. The maximum absolute atomic E-state index is 12.0. The second-order valence-corrected chi connectivity index (χ2v) is 7.65. The summed E-state index contributed by atoms with van der Waals surface area (Å²) < 4.78 is 25.1. The van der Waals surface area contributed by atoms with Gasteiger partial charge >= 0.3 is 5.97 Å². The molecule has 2 rings (SSSR count). The van der Waals surface area contributed by atoms with Gasteiger partial charge in [0, 0.05) is 25.8 Å². The van der Waals surface area contributed by atoms with Gasteiger partial charge in [-0.25, -0.2) is 12.7 Å². The molecule has 0 amide bonds. The predicted octanol–water partition coefficient (Wildman–Crippen LogP) is 1.60. The number of carbonyl (C=O) groups is 1. The molecule has 0 spiro atoms. The maximum Gasteiger partial charge on any atom is 0.305 e. The average Bonchev–Trinajstić information content (AvgIpc) is 3.22. The van der Waals surface area contributed by atoms with E-state index in [1.165, 1.54) is 26.2 Å². The summed E-state index contributed by atoms with van der Waals surface area (Å²) in [6.07, 6.45) is 2.15. The Balaban J connectivity index is 2.10. The van der Waals surface area contributed by atoms with Gasteiger partial charge in [-0.15, -0.1) is 0 Å². The zero-order valence-electron chi connectivity index (χ0n) is 12.1. The first-order valence-electron chi connectivity index (χ1n) is 6.81. The topological polar surface area (TPSA) is 86.7 Å². The van der Waals surface area contributed by atoms with Crippen LogP contribution in [-0.2, 0) is 14.8 Å². The molecular formula is C14H20N2O4S. The quantitative estimate of drug-likeness (QED) is 0.798. The number of nitrogens with one attached hydrogen (secondary N) is 1. The lowest BCUT2D eigenvalue weighted by molar-refractivity contribution is -0.137. The molecule has 21 heavy (non-hydrogen) atoms. The van der Waals surface area contributed by atoms with Crippen LogP contribution >= 0.6 is 0 Å². The number of rotatable bonds is 7. The molecule has 1 aliphatic carbocycles. The Labute approximate surface area is 124 Å². The number of hydrogen-bond donors (Lipinski definition) is 2. The van der Waals surface area contributed by atoms with Gasteiger partial charge in [0.05, 0.1) is 11.3 Å². The van der Waals surface area contributed by atoms with Gasteiger partial charge in [0.15, 0.2) is 0 Å². The summed E-state index contributed by atoms with van der Waals surface area (Å²) in [6, 6.07) is 6.31. The summed E-state index contributed by atoms with van der Waals surface area (Å²) in [5.41, 5.74) is 0.742. The molecule has 1 aromatic carbocycles. The molecule has 7 heteroatoms. The number of carboxylic acid groups (broad SMARTS) is 1. The van der Waals surface area contributed by atoms with Crippen molar-refractivity contribution in [1.82, 2.24) is 4.31 Å². The van der Waals surface area contributed by atoms with Crippen molar-refractivity contribution >= 4 is 21.7 Å². The van der Waals surface area contributed by atoms with E-state index in [9.17, 15) is 13.2 Å². The van der Waals surface area contributed by atoms with E-state index in [2.05, 4.69) is 5.32 Å². The van der Waals surface area contributed by atoms with Crippen LogP contribution in [0.25, 0.3) is 0 Å². The van der Waals surface area contributed by atoms with Crippen LogP contribution in [0.5, 0.6) is 0 Å². The minimum atomic E-state index is -3.43. The minimum absolute atomic E-state index is 0.0718. The highest BCUT2D eigenvalue weighted by atomic mass is 32.2. The van der Waals surface area contributed by atoms with Crippen LogP contribution in [0.1, 0.15) is 19.3 Å². The summed E-state index contributed by atoms with van der Waals surface area (Å²) >= 11 is 0. The number of anilines is 1. The van der Waals surface area contributed by atoms with E-state index in [1.54, 1.807) is 12.1 Å². The lowest BCUT2D eigenvalue weighted by Gasteiger charge is -2.18. The van der Waals surface area contributed by atoms with E-state index in [4.69, 9.17) is 5.11 Å². The lowest BCUT2D eigenvalue weighted by Crippen LogP contribution is -2.25. The summed E-state index contributed by atoms with van der Waals surface area (Å²) in [4.78, 5) is 11.1. The molecule has 0 bridgehead atoms. The molecule has 116 valence electrons. The fraction of sp³-hybridized carbons (Fsp3) is 0.500. The van der Waals surface area contributed by atoms with Crippen LogP contribution in [0.3, 0.4) is 0 Å². The predicted molar refractivity (Wildman–Crippen MR) is 79.7 cm³/mol. The third-order valence-electron chi connectivity index (χ3n) is 3.57. The Morgan fingerprint density at radius 1 is 1.33 bits per heavy atom. The monoisotopic (exact) mass is 312 g/mol. The van der Waals surface area contributed by atoms with Crippen LogP contribution in [0.4, 0.5) is 5.69 Å². The zero-order chi connectivity index (χ0) is 15.6. The molecule has 0 aliphatic heterocycles. The largest absolute Gasteiger partial charge is 0.481 e. The molecule has 1 aliphatic rings. The summed E-state index contributed by atoms with van der Waals surface area (Å²) in [5, 5.41) is 12.1. The van der Waals surface area contributed by atoms with Gasteiger partial charge in [0.25, 0.3) is 0 Å². The normalized spacial score (nSPS) is 16.7. The fourth-order valence-electron chi connectivity index (χ4n) is 2.17. The fourth-order valence-corrected chi connectivity index (χ4v) is 3.07. The van der Waals surface area contributed by atoms with E-state index in [0.717, 1.165) is 22.8 Å². The molecule has 0 heterocycles. The highest BCUT2D eigenvalue weighted by molar-refractivity contribution is 7.89. The van der Waals surface area contributed by atoms with Crippen LogP contribution in [-0.4, -0.2) is 43.9 Å². The molecule has 0 saturated heterocycles. The van der Waals surface area contributed by atoms with Crippen molar-refractivity contribution in [2.24, 2.45) is 5.92 Å². The first-order valence-corrected chi connectivity index (χ1v) is 8.25. The lowest BCUT2D eigenvalue weighted by atomic mass is 10.1. The molecule has 1 aromatic rings. The summed E-state index contributed by atoms with van der Waals surface area (Å²) in [6.45, 7) is 0. The van der Waals surface area contributed by atoms with Gasteiger partial charge in [-0.2, -0.15) is 0 Å². The molecule has 1 unspecified atom stereocenters. The molecule has 1 saturated carbocycles. The van der Waals surface area contributed by atoms with Gasteiger partial charge < -0.3 is 10.4 Å². The molecule has 1 fully saturated rings. The third kappa shape index (κ3) is 3.95. The van der Waals surface area contributed by atoms with Crippen LogP contribution in [0, 0.1) is 5.92 Å². The smallest absolute Gasteiger partial charge is 0.305 e. The average molecular weight is 312 g/mol. The number of carboxylic acids is 1. The molecular weight excluding hydrogens is 292 g/mol. The van der Waals surface area contributed by atoms with Gasteiger partial charge in [-0.1, -0.05) is 0 Å². The standard InChI is InChI=1S/C14H20N2O4S/c1-16(2)21(19,20)12-7-5-11(6-8-12)15-13(9-14(17)18)10-3-4-10/h5-8,10,13,15H,3-4,9H2,1-2H3,(H,17,18). The van der Waals surface area contributed by atoms with Crippen molar-refractivity contribution in [2.75, 3.05) is 19.4 Å². The van der Waals surface area contributed by atoms with E-state index in [-0.39, 0.29) is 17.4 Å². The van der Waals surface area contributed by atoms with Crippen molar-refractivity contribution in [3.8, 4) is 0 Å². The van der Waals surface area contributed by atoms with E-state index < -0.39 is 16.0 Å². The maximum atomic E-state index is 12.0. The Bertz CT molecular complexity index is 606. The van der Waals surface area contributed by atoms with E-state index >= 15 is 0 Å². The van der Waals surface area contributed by atoms with Crippen LogP contribution < -0.4 is 5.32 Å². The van der Waals surface area contributed by atoms with E-state index in [1.807, 2.05) is 0 Å². The first kappa shape index (κ1) is 15.8. The molecule has 2 N–H and O–H groups in total. The molecule has 6 nitrogen and oxygen atoms in total. The van der Waals surface area contributed by atoms with Crippen LogP contribution in [0.2, 0.25) is 0 Å². The number of aliphatic carboxylic acids is 1. The third-order valence-corrected chi connectivity index (χ3v) is 5.40. The Morgan fingerprint density at radius 3 is 2.33 bits per heavy atom. The first-order chi connectivity index (χ1) is 9.80. The molecule has 1 atom stereocenters. The summed E-state index contributed by atoms with van der Waals surface area (Å²) in [5.74, 6) is -0.433. The van der Waals surface area contributed by atoms with Crippen LogP contribution in [0.15, 0.2) is 29.2 Å². The van der Waals surface area contributed by atoms with Crippen molar-refractivity contribution in [2.45, 2.75) is 30.2 Å². The Kier molecular flexibility index (Phi) is 4.53. The van der Waals surface area contributed by atoms with Gasteiger partial charge in [0.2, 0.25) is 10.0 Å². The second-order valence-electron chi connectivity index (χ2n) is 5.50. The number of nitrogens with zero attached hydrogens (tertiary/aromatic N) is 1. The Hall–Kier alpha value is -1.60. The summed E-state index contributed by atoms with van der Waals surface area (Å²) in [7, 11) is -0.466. The van der Waals surface area contributed by atoms with Crippen molar-refractivity contribution in [1.29, 1.82) is 0 Å². The number of sulfonamides is 1. The highest BCUT2D eigenvalue weighted by Gasteiger charge is 2.32. The second kappa shape index (κ2) is 6.03. The minimum Gasteiger partial charge on any atom is -0.481 e. The van der Waals surface area contributed by atoms with Gasteiger partial charge in [0.1, 0.15) is 0 Å². The Morgan fingerprint density at radius 2 is 1.90 bits per heavy atom. The van der Waals surface area contributed by atoms with Crippen molar-refractivity contribution < 1.29 is 18.3 Å². The molecule has 0 radical (unpaired) electrons. The number of benzene rings is 1.